The first-order valence-corrected chi connectivity index (χ1v) is 10.3. The van der Waals surface area contributed by atoms with Crippen LogP contribution in [0.1, 0.15) is 29.8 Å². The number of anilines is 1. The summed E-state index contributed by atoms with van der Waals surface area (Å²) in [7, 11) is 1.58. The molecule has 0 saturated carbocycles. The molecule has 5 rings (SSSR count). The average Bonchev–Trinajstić information content (AvgIpc) is 3.42. The highest BCUT2D eigenvalue weighted by molar-refractivity contribution is 5.96. The highest BCUT2D eigenvalue weighted by Crippen LogP contribution is 2.40. The van der Waals surface area contributed by atoms with Crippen LogP contribution in [0.25, 0.3) is 22.4 Å². The van der Waals surface area contributed by atoms with Crippen molar-refractivity contribution in [1.82, 2.24) is 15.1 Å². The third-order valence-corrected chi connectivity index (χ3v) is 6.04. The summed E-state index contributed by atoms with van der Waals surface area (Å²) in [4.78, 5) is 11.6. The van der Waals surface area contributed by atoms with Gasteiger partial charge in [-0.25, -0.2) is 4.98 Å². The van der Waals surface area contributed by atoms with E-state index in [0.29, 0.717) is 54.8 Å². The molecular weight excluding hydrogens is 398 g/mol. The number of piperidine rings is 1. The second-order valence-electron chi connectivity index (χ2n) is 7.86. The summed E-state index contributed by atoms with van der Waals surface area (Å²) in [5.74, 6) is 1.80. The smallest absolute Gasteiger partial charge is 0.261 e. The Morgan fingerprint density at radius 3 is 2.48 bits per heavy atom. The fourth-order valence-electron chi connectivity index (χ4n) is 4.41. The van der Waals surface area contributed by atoms with Gasteiger partial charge in [0.05, 0.1) is 37.0 Å². The van der Waals surface area contributed by atoms with Crippen LogP contribution in [0.15, 0.2) is 16.7 Å². The maximum Gasteiger partial charge on any atom is 0.261 e. The first-order valence-electron chi connectivity index (χ1n) is 10.3. The Kier molecular flexibility index (Phi) is 4.76. The molecule has 0 N–H and O–H groups in total. The molecule has 2 saturated heterocycles. The standard InChI is InChI=1S/C22H23N5O4/c1-13-17-11-16(28-3)10-15(12-23)19(17)25-20(18(13)21-24-14(2)26-31-21)27-6-4-22(5-7-27)29-8-9-30-22/h10-11H,4-9H2,1-3H3. The minimum absolute atomic E-state index is 0.411. The SMILES string of the molecule is COc1cc(C#N)c2nc(N3CCC4(CC3)OCCO4)c(-c3nc(C)no3)c(C)c2c1. The Balaban J connectivity index is 1.68. The maximum absolute atomic E-state index is 9.74. The summed E-state index contributed by atoms with van der Waals surface area (Å²) in [6.07, 6.45) is 1.48. The number of benzene rings is 1. The number of pyridine rings is 1. The van der Waals surface area contributed by atoms with Gasteiger partial charge in [0.25, 0.3) is 5.89 Å². The quantitative estimate of drug-likeness (QED) is 0.630. The predicted molar refractivity (Wildman–Crippen MR) is 112 cm³/mol. The van der Waals surface area contributed by atoms with E-state index in [1.807, 2.05) is 13.0 Å². The van der Waals surface area contributed by atoms with Crippen molar-refractivity contribution in [2.75, 3.05) is 38.3 Å². The number of nitrogens with zero attached hydrogens (tertiary/aromatic N) is 5. The molecule has 160 valence electrons. The predicted octanol–water partition coefficient (Wildman–Crippen LogP) is 3.13. The molecule has 2 aliphatic heterocycles. The van der Waals surface area contributed by atoms with E-state index < -0.39 is 5.79 Å². The Bertz CT molecular complexity index is 1180. The molecule has 3 aromatic rings. The average molecular weight is 421 g/mol. The summed E-state index contributed by atoms with van der Waals surface area (Å²) >= 11 is 0. The lowest BCUT2D eigenvalue weighted by molar-refractivity contribution is -0.169. The normalized spacial score (nSPS) is 17.9. The molecule has 4 heterocycles. The van der Waals surface area contributed by atoms with E-state index in [2.05, 4.69) is 21.1 Å². The number of rotatable bonds is 3. The number of nitriles is 1. The molecule has 0 amide bonds. The minimum atomic E-state index is -0.491. The van der Waals surface area contributed by atoms with Gasteiger partial charge in [0.15, 0.2) is 11.6 Å². The molecule has 0 aliphatic carbocycles. The zero-order chi connectivity index (χ0) is 21.6. The van der Waals surface area contributed by atoms with Gasteiger partial charge in [0, 0.05) is 37.4 Å². The number of hydrogen-bond donors (Lipinski definition) is 0. The van der Waals surface area contributed by atoms with E-state index in [0.717, 1.165) is 35.2 Å². The fraction of sp³-hybridized carbons (Fsp3) is 0.455. The van der Waals surface area contributed by atoms with Crippen LogP contribution in [0, 0.1) is 25.2 Å². The van der Waals surface area contributed by atoms with Crippen molar-refractivity contribution in [1.29, 1.82) is 5.26 Å². The van der Waals surface area contributed by atoms with Crippen molar-refractivity contribution >= 4 is 16.7 Å². The van der Waals surface area contributed by atoms with Crippen LogP contribution in [0.5, 0.6) is 5.75 Å². The van der Waals surface area contributed by atoms with Gasteiger partial charge in [-0.1, -0.05) is 5.16 Å². The number of aryl methyl sites for hydroxylation is 2. The van der Waals surface area contributed by atoms with Crippen molar-refractivity contribution in [2.24, 2.45) is 0 Å². The molecule has 1 aromatic carbocycles. The van der Waals surface area contributed by atoms with E-state index in [-0.39, 0.29) is 0 Å². The van der Waals surface area contributed by atoms with Crippen LogP contribution in [0.4, 0.5) is 5.82 Å². The fourth-order valence-corrected chi connectivity index (χ4v) is 4.41. The van der Waals surface area contributed by atoms with E-state index in [1.54, 1.807) is 20.1 Å². The lowest BCUT2D eigenvalue weighted by Gasteiger charge is -2.38. The molecule has 0 unspecified atom stereocenters. The minimum Gasteiger partial charge on any atom is -0.497 e. The Morgan fingerprint density at radius 2 is 1.87 bits per heavy atom. The summed E-state index contributed by atoms with van der Waals surface area (Å²) in [6, 6.07) is 5.85. The third-order valence-electron chi connectivity index (χ3n) is 6.04. The Labute approximate surface area is 179 Å². The number of ether oxygens (including phenoxy) is 3. The molecule has 0 bridgehead atoms. The van der Waals surface area contributed by atoms with Crippen LogP contribution >= 0.6 is 0 Å². The Hall–Kier alpha value is -3.22. The molecule has 0 radical (unpaired) electrons. The summed E-state index contributed by atoms with van der Waals surface area (Å²) in [5.41, 5.74) is 2.77. The van der Waals surface area contributed by atoms with Crippen LogP contribution < -0.4 is 9.64 Å². The zero-order valence-electron chi connectivity index (χ0n) is 17.8. The van der Waals surface area contributed by atoms with E-state index in [9.17, 15) is 5.26 Å². The van der Waals surface area contributed by atoms with Gasteiger partial charge in [-0.2, -0.15) is 10.2 Å². The van der Waals surface area contributed by atoms with Crippen LogP contribution in [-0.4, -0.2) is 54.3 Å². The third kappa shape index (κ3) is 3.28. The van der Waals surface area contributed by atoms with Crippen LogP contribution in [0.3, 0.4) is 0 Å². The van der Waals surface area contributed by atoms with Crippen molar-refractivity contribution in [3.63, 3.8) is 0 Å². The number of hydrogen-bond acceptors (Lipinski definition) is 9. The molecule has 9 heteroatoms. The van der Waals surface area contributed by atoms with E-state index in [1.165, 1.54) is 0 Å². The summed E-state index contributed by atoms with van der Waals surface area (Å²) < 4.78 is 22.7. The van der Waals surface area contributed by atoms with E-state index >= 15 is 0 Å². The van der Waals surface area contributed by atoms with E-state index in [4.69, 9.17) is 23.7 Å². The highest BCUT2D eigenvalue weighted by Gasteiger charge is 2.41. The molecule has 2 aliphatic rings. The zero-order valence-corrected chi connectivity index (χ0v) is 17.8. The van der Waals surface area contributed by atoms with Crippen molar-refractivity contribution in [2.45, 2.75) is 32.5 Å². The Morgan fingerprint density at radius 1 is 1.13 bits per heavy atom. The number of fused-ring (bicyclic) bond motifs is 1. The number of methoxy groups -OCH3 is 1. The largest absolute Gasteiger partial charge is 0.497 e. The molecule has 31 heavy (non-hydrogen) atoms. The lowest BCUT2D eigenvalue weighted by Crippen LogP contribution is -2.45. The molecule has 2 fully saturated rings. The first kappa shape index (κ1) is 19.7. The van der Waals surface area contributed by atoms with Crippen LogP contribution in [-0.2, 0) is 9.47 Å². The highest BCUT2D eigenvalue weighted by atomic mass is 16.7. The van der Waals surface area contributed by atoms with Crippen molar-refractivity contribution in [3.05, 3.63) is 29.1 Å². The molecule has 0 atom stereocenters. The second kappa shape index (κ2) is 7.48. The molecule has 2 aromatic heterocycles. The maximum atomic E-state index is 9.74. The van der Waals surface area contributed by atoms with Gasteiger partial charge in [-0.15, -0.1) is 0 Å². The summed E-state index contributed by atoms with van der Waals surface area (Å²) in [6.45, 7) is 6.44. The van der Waals surface area contributed by atoms with Crippen molar-refractivity contribution < 1.29 is 18.7 Å². The topological polar surface area (TPSA) is 107 Å². The number of aromatic nitrogens is 3. The summed E-state index contributed by atoms with van der Waals surface area (Å²) in [5, 5.41) is 14.5. The monoisotopic (exact) mass is 421 g/mol. The van der Waals surface area contributed by atoms with Gasteiger partial charge in [0.2, 0.25) is 0 Å². The first-order chi connectivity index (χ1) is 15.0. The molecule has 1 spiro atoms. The van der Waals surface area contributed by atoms with Gasteiger partial charge >= 0.3 is 0 Å². The van der Waals surface area contributed by atoms with Crippen molar-refractivity contribution in [3.8, 4) is 23.3 Å². The lowest BCUT2D eigenvalue weighted by atomic mass is 9.98. The van der Waals surface area contributed by atoms with Gasteiger partial charge in [-0.3, -0.25) is 0 Å². The molecular formula is C22H23N5O4. The molecule has 9 nitrogen and oxygen atoms in total. The second-order valence-corrected chi connectivity index (χ2v) is 7.86. The van der Waals surface area contributed by atoms with Crippen LogP contribution in [0.2, 0.25) is 0 Å². The van der Waals surface area contributed by atoms with Gasteiger partial charge < -0.3 is 23.6 Å². The van der Waals surface area contributed by atoms with Gasteiger partial charge in [-0.05, 0) is 25.5 Å². The van der Waals surface area contributed by atoms with Gasteiger partial charge in [0.1, 0.15) is 17.6 Å².